The number of likely N-dealkylation sites (tertiary alicyclic amines) is 1. The molecule has 0 aromatic heterocycles. The van der Waals surface area contributed by atoms with E-state index in [0.29, 0.717) is 12.5 Å². The van der Waals surface area contributed by atoms with Crippen LogP contribution in [0.2, 0.25) is 0 Å². The van der Waals surface area contributed by atoms with E-state index in [2.05, 4.69) is 12.2 Å². The van der Waals surface area contributed by atoms with Crippen molar-refractivity contribution in [3.8, 4) is 5.75 Å². The summed E-state index contributed by atoms with van der Waals surface area (Å²) >= 11 is 0. The molecule has 1 fully saturated rings. The van der Waals surface area contributed by atoms with Crippen molar-refractivity contribution in [1.29, 1.82) is 0 Å². The van der Waals surface area contributed by atoms with Crippen molar-refractivity contribution in [1.82, 2.24) is 10.2 Å². The Kier molecular flexibility index (Phi) is 5.77. The number of halogens is 1. The summed E-state index contributed by atoms with van der Waals surface area (Å²) < 4.78 is 18.4. The highest BCUT2D eigenvalue weighted by Gasteiger charge is 2.20. The number of amides is 1. The highest BCUT2D eigenvalue weighted by Crippen LogP contribution is 2.22. The number of hydrogen-bond donors (Lipinski definition) is 1. The lowest BCUT2D eigenvalue weighted by Gasteiger charge is -2.30. The van der Waals surface area contributed by atoms with E-state index in [9.17, 15) is 9.18 Å². The number of nitrogens with zero attached hydrogens (tertiary/aromatic N) is 1. The van der Waals surface area contributed by atoms with Gasteiger partial charge >= 0.3 is 0 Å². The topological polar surface area (TPSA) is 41.6 Å². The van der Waals surface area contributed by atoms with Gasteiger partial charge in [0.1, 0.15) is 0 Å². The molecule has 2 rings (SSSR count). The largest absolute Gasteiger partial charge is 0.494 e. The number of carbonyl (C=O) groups is 1. The number of hydrogen-bond acceptors (Lipinski definition) is 3. The van der Waals surface area contributed by atoms with Crippen LogP contribution in [0.15, 0.2) is 18.2 Å². The summed E-state index contributed by atoms with van der Waals surface area (Å²) in [5, 5.41) is 3.21. The number of rotatable bonds is 5. The molecular formula is C17H25FN2O2. The molecule has 1 heterocycles. The summed E-state index contributed by atoms with van der Waals surface area (Å²) in [6, 6.07) is 4.73. The molecule has 22 heavy (non-hydrogen) atoms. The van der Waals surface area contributed by atoms with Gasteiger partial charge in [-0.1, -0.05) is 13.0 Å². The lowest BCUT2D eigenvalue weighted by molar-refractivity contribution is -0.131. The second-order valence-electron chi connectivity index (χ2n) is 6.06. The lowest BCUT2D eigenvalue weighted by Crippen LogP contribution is -2.43. The monoisotopic (exact) mass is 308 g/mol. The average Bonchev–Trinajstić information content (AvgIpc) is 2.53. The number of piperidine rings is 1. The minimum Gasteiger partial charge on any atom is -0.494 e. The van der Waals surface area contributed by atoms with Crippen molar-refractivity contribution in [2.75, 3.05) is 26.7 Å². The molecule has 122 valence electrons. The molecule has 1 aliphatic rings. The maximum Gasteiger partial charge on any atom is 0.236 e. The van der Waals surface area contributed by atoms with Crippen LogP contribution in [0, 0.1) is 11.7 Å². The van der Waals surface area contributed by atoms with Gasteiger partial charge in [-0.3, -0.25) is 4.79 Å². The Morgan fingerprint density at radius 3 is 2.77 bits per heavy atom. The first kappa shape index (κ1) is 16.7. The molecule has 1 aromatic carbocycles. The van der Waals surface area contributed by atoms with Gasteiger partial charge in [0, 0.05) is 19.1 Å². The first-order valence-electron chi connectivity index (χ1n) is 7.86. The van der Waals surface area contributed by atoms with Gasteiger partial charge in [0.05, 0.1) is 13.7 Å². The Balaban J connectivity index is 1.87. The summed E-state index contributed by atoms with van der Waals surface area (Å²) in [7, 11) is 1.45. The molecular weight excluding hydrogens is 283 g/mol. The predicted molar refractivity (Wildman–Crippen MR) is 84.3 cm³/mol. The Hall–Kier alpha value is -1.62. The second-order valence-corrected chi connectivity index (χ2v) is 6.06. The van der Waals surface area contributed by atoms with E-state index in [1.165, 1.54) is 13.2 Å². The van der Waals surface area contributed by atoms with Crippen LogP contribution in [0.4, 0.5) is 4.39 Å². The van der Waals surface area contributed by atoms with Gasteiger partial charge in [0.25, 0.3) is 0 Å². The first-order chi connectivity index (χ1) is 10.5. The van der Waals surface area contributed by atoms with Crippen molar-refractivity contribution < 1.29 is 13.9 Å². The molecule has 1 atom stereocenters. The van der Waals surface area contributed by atoms with Gasteiger partial charge in [0.15, 0.2) is 11.6 Å². The zero-order valence-electron chi connectivity index (χ0n) is 13.6. The van der Waals surface area contributed by atoms with Gasteiger partial charge in [0.2, 0.25) is 5.91 Å². The van der Waals surface area contributed by atoms with Crippen LogP contribution < -0.4 is 10.1 Å². The molecule has 1 aliphatic heterocycles. The molecule has 0 bridgehead atoms. The fraction of sp³-hybridized carbons (Fsp3) is 0.588. The van der Waals surface area contributed by atoms with E-state index >= 15 is 0 Å². The normalized spacial score (nSPS) is 17.4. The fourth-order valence-electron chi connectivity index (χ4n) is 2.67. The van der Waals surface area contributed by atoms with E-state index in [4.69, 9.17) is 4.74 Å². The van der Waals surface area contributed by atoms with E-state index in [0.717, 1.165) is 31.5 Å². The van der Waals surface area contributed by atoms with E-state index in [1.54, 1.807) is 12.1 Å². The van der Waals surface area contributed by atoms with Crippen LogP contribution in [0.1, 0.15) is 38.3 Å². The third kappa shape index (κ3) is 4.19. The molecule has 4 nitrogen and oxygen atoms in total. The van der Waals surface area contributed by atoms with Gasteiger partial charge < -0.3 is 15.0 Å². The van der Waals surface area contributed by atoms with Crippen molar-refractivity contribution in [2.45, 2.75) is 32.7 Å². The number of nitrogens with one attached hydrogen (secondary N) is 1. The van der Waals surface area contributed by atoms with Gasteiger partial charge in [-0.25, -0.2) is 4.39 Å². The molecule has 1 amide bonds. The van der Waals surface area contributed by atoms with Crippen molar-refractivity contribution in [3.05, 3.63) is 29.6 Å². The minimum atomic E-state index is -0.378. The maximum absolute atomic E-state index is 13.4. The van der Waals surface area contributed by atoms with E-state index in [-0.39, 0.29) is 23.5 Å². The number of carbonyl (C=O) groups excluding carboxylic acids is 1. The highest BCUT2D eigenvalue weighted by molar-refractivity contribution is 5.78. The van der Waals surface area contributed by atoms with Gasteiger partial charge in [-0.2, -0.15) is 0 Å². The fourth-order valence-corrected chi connectivity index (χ4v) is 2.67. The molecule has 0 radical (unpaired) electrons. The van der Waals surface area contributed by atoms with E-state index in [1.807, 2.05) is 11.8 Å². The van der Waals surface area contributed by atoms with Crippen molar-refractivity contribution >= 4 is 5.91 Å². The zero-order valence-corrected chi connectivity index (χ0v) is 13.6. The molecule has 0 aliphatic carbocycles. The summed E-state index contributed by atoms with van der Waals surface area (Å²) in [6.07, 6.45) is 2.16. The Bertz CT molecular complexity index is 513. The molecule has 1 aromatic rings. The van der Waals surface area contributed by atoms with Crippen LogP contribution in [0.3, 0.4) is 0 Å². The Morgan fingerprint density at radius 2 is 2.14 bits per heavy atom. The van der Waals surface area contributed by atoms with Crippen LogP contribution in [-0.2, 0) is 4.79 Å². The summed E-state index contributed by atoms with van der Waals surface area (Å²) in [5.74, 6) is 0.690. The second kappa shape index (κ2) is 7.58. The van der Waals surface area contributed by atoms with Crippen LogP contribution >= 0.6 is 0 Å². The third-order valence-electron chi connectivity index (χ3n) is 4.37. The Morgan fingerprint density at radius 1 is 1.45 bits per heavy atom. The zero-order chi connectivity index (χ0) is 16.1. The lowest BCUT2D eigenvalue weighted by atomic mass is 9.99. The predicted octanol–water partition coefficient (Wildman–Crippen LogP) is 2.74. The molecule has 5 heteroatoms. The maximum atomic E-state index is 13.4. The minimum absolute atomic E-state index is 0.0397. The van der Waals surface area contributed by atoms with Crippen molar-refractivity contribution in [3.63, 3.8) is 0 Å². The smallest absolute Gasteiger partial charge is 0.236 e. The number of ether oxygens (including phenoxy) is 1. The SMILES string of the molecule is COc1cc([C@H](C)NCC(=O)N2CCC(C)CC2)ccc1F. The summed E-state index contributed by atoms with van der Waals surface area (Å²) in [5.41, 5.74) is 0.901. The summed E-state index contributed by atoms with van der Waals surface area (Å²) in [6.45, 7) is 6.18. The van der Waals surface area contributed by atoms with E-state index < -0.39 is 0 Å². The third-order valence-corrected chi connectivity index (χ3v) is 4.37. The Labute approximate surface area is 131 Å². The standard InChI is InChI=1S/C17H25FN2O2/c1-12-6-8-20(9-7-12)17(21)11-19-13(2)14-4-5-15(18)16(10-14)22-3/h4-5,10,12-13,19H,6-9,11H2,1-3H3/t13-/m0/s1. The average molecular weight is 308 g/mol. The molecule has 1 N–H and O–H groups in total. The number of methoxy groups -OCH3 is 1. The highest BCUT2D eigenvalue weighted by atomic mass is 19.1. The molecule has 0 saturated carbocycles. The van der Waals surface area contributed by atoms with Gasteiger partial charge in [-0.05, 0) is 43.4 Å². The first-order valence-corrected chi connectivity index (χ1v) is 7.86. The quantitative estimate of drug-likeness (QED) is 0.909. The van der Waals surface area contributed by atoms with Gasteiger partial charge in [-0.15, -0.1) is 0 Å². The van der Waals surface area contributed by atoms with Crippen LogP contribution in [-0.4, -0.2) is 37.6 Å². The summed E-state index contributed by atoms with van der Waals surface area (Å²) in [4.78, 5) is 14.1. The van der Waals surface area contributed by atoms with Crippen LogP contribution in [0.25, 0.3) is 0 Å². The van der Waals surface area contributed by atoms with Crippen LogP contribution in [0.5, 0.6) is 5.75 Å². The molecule has 1 saturated heterocycles. The molecule has 0 unspecified atom stereocenters. The number of benzene rings is 1. The van der Waals surface area contributed by atoms with Crippen molar-refractivity contribution in [2.24, 2.45) is 5.92 Å². The molecule has 0 spiro atoms.